The molecule has 2 aromatic heterocycles. The van der Waals surface area contributed by atoms with Gasteiger partial charge in [0.1, 0.15) is 0 Å². The first-order chi connectivity index (χ1) is 14.3. The number of carbonyl (C=O) groups is 1. The van der Waals surface area contributed by atoms with E-state index in [0.29, 0.717) is 11.6 Å². The Bertz CT molecular complexity index is 1120. The molecule has 0 bridgehead atoms. The van der Waals surface area contributed by atoms with Crippen molar-refractivity contribution in [3.05, 3.63) is 72.8 Å². The molecular weight excluding hydrogens is 364 g/mol. The lowest BCUT2D eigenvalue weighted by Crippen LogP contribution is -2.39. The average molecular weight is 386 g/mol. The van der Waals surface area contributed by atoms with Crippen molar-refractivity contribution in [2.75, 3.05) is 13.1 Å². The first-order valence-electron chi connectivity index (χ1n) is 9.95. The molecule has 0 atom stereocenters. The molecule has 1 saturated heterocycles. The number of aromatic nitrogens is 5. The van der Waals surface area contributed by atoms with E-state index < -0.39 is 0 Å². The first-order valence-corrected chi connectivity index (χ1v) is 9.95. The third kappa shape index (κ3) is 3.51. The van der Waals surface area contributed by atoms with Crippen LogP contribution in [0.25, 0.3) is 16.7 Å². The van der Waals surface area contributed by atoms with Gasteiger partial charge in [-0.05, 0) is 43.0 Å². The van der Waals surface area contributed by atoms with Crippen molar-refractivity contribution in [2.45, 2.75) is 19.4 Å². The molecule has 1 aliphatic rings. The van der Waals surface area contributed by atoms with Crippen LogP contribution in [0.4, 0.5) is 0 Å². The number of amides is 1. The summed E-state index contributed by atoms with van der Waals surface area (Å²) in [5.41, 5.74) is 3.44. The summed E-state index contributed by atoms with van der Waals surface area (Å²) >= 11 is 0. The lowest BCUT2D eigenvalue weighted by Gasteiger charge is -2.31. The molecule has 7 nitrogen and oxygen atoms in total. The number of imidazole rings is 1. The molecule has 146 valence electrons. The summed E-state index contributed by atoms with van der Waals surface area (Å²) in [5, 5.41) is 8.62. The number of fused-ring (bicyclic) bond motifs is 1. The summed E-state index contributed by atoms with van der Waals surface area (Å²) in [7, 11) is 0. The molecule has 0 aliphatic carbocycles. The summed E-state index contributed by atoms with van der Waals surface area (Å²) in [4.78, 5) is 20.7. The molecule has 0 unspecified atom stereocenters. The molecule has 7 heteroatoms. The van der Waals surface area contributed by atoms with Crippen LogP contribution in [0.15, 0.2) is 67.1 Å². The molecule has 1 amide bonds. The largest absolute Gasteiger partial charge is 0.337 e. The standard InChI is InChI=1S/C22H22N6O/c29-22(20-14-24-28(25-20)18-6-2-1-3-7-18)26-12-10-17(11-13-26)15-27-16-23-19-8-4-5-9-21(19)27/h1-9,14,16-17H,10-13,15H2. The van der Waals surface area contributed by atoms with Gasteiger partial charge >= 0.3 is 0 Å². The lowest BCUT2D eigenvalue weighted by molar-refractivity contribution is 0.0677. The van der Waals surface area contributed by atoms with Crippen molar-refractivity contribution in [3.63, 3.8) is 0 Å². The van der Waals surface area contributed by atoms with Gasteiger partial charge in [0.05, 0.1) is 29.2 Å². The van der Waals surface area contributed by atoms with E-state index in [4.69, 9.17) is 0 Å². The highest BCUT2D eigenvalue weighted by Gasteiger charge is 2.26. The summed E-state index contributed by atoms with van der Waals surface area (Å²) in [6.07, 6.45) is 5.43. The number of piperidine rings is 1. The minimum Gasteiger partial charge on any atom is -0.337 e. The Hall–Kier alpha value is -3.48. The van der Waals surface area contributed by atoms with E-state index in [0.717, 1.165) is 43.7 Å². The molecule has 1 fully saturated rings. The number of para-hydroxylation sites is 3. The Morgan fingerprint density at radius 2 is 1.76 bits per heavy atom. The third-order valence-electron chi connectivity index (χ3n) is 5.58. The zero-order valence-corrected chi connectivity index (χ0v) is 16.1. The van der Waals surface area contributed by atoms with E-state index in [1.165, 1.54) is 10.3 Å². The monoisotopic (exact) mass is 386 g/mol. The van der Waals surface area contributed by atoms with Crippen LogP contribution in [0.2, 0.25) is 0 Å². The van der Waals surface area contributed by atoms with Crippen molar-refractivity contribution in [3.8, 4) is 5.69 Å². The van der Waals surface area contributed by atoms with E-state index >= 15 is 0 Å². The summed E-state index contributed by atoms with van der Waals surface area (Å²) in [5.74, 6) is 0.496. The van der Waals surface area contributed by atoms with Crippen LogP contribution in [0.3, 0.4) is 0 Å². The zero-order chi connectivity index (χ0) is 19.6. The fraction of sp³-hybridized carbons (Fsp3) is 0.273. The molecule has 3 heterocycles. The second-order valence-electron chi connectivity index (χ2n) is 7.48. The van der Waals surface area contributed by atoms with Crippen LogP contribution in [0, 0.1) is 5.92 Å². The van der Waals surface area contributed by atoms with E-state index in [9.17, 15) is 4.79 Å². The number of likely N-dealkylation sites (tertiary alicyclic amines) is 1. The van der Waals surface area contributed by atoms with Crippen LogP contribution in [0.5, 0.6) is 0 Å². The fourth-order valence-corrected chi connectivity index (χ4v) is 3.96. The van der Waals surface area contributed by atoms with Crippen LogP contribution >= 0.6 is 0 Å². The molecule has 5 rings (SSSR count). The topological polar surface area (TPSA) is 68.8 Å². The average Bonchev–Trinajstić information content (AvgIpc) is 3.43. The van der Waals surface area contributed by atoms with Crippen molar-refractivity contribution in [2.24, 2.45) is 5.92 Å². The Morgan fingerprint density at radius 3 is 2.59 bits per heavy atom. The summed E-state index contributed by atoms with van der Waals surface area (Å²) in [6.45, 7) is 2.43. The van der Waals surface area contributed by atoms with Gasteiger partial charge < -0.3 is 9.47 Å². The normalized spacial score (nSPS) is 15.1. The van der Waals surface area contributed by atoms with Crippen molar-refractivity contribution in [1.29, 1.82) is 0 Å². The Morgan fingerprint density at radius 1 is 1.00 bits per heavy atom. The van der Waals surface area contributed by atoms with Gasteiger partial charge in [-0.2, -0.15) is 9.90 Å². The van der Waals surface area contributed by atoms with Crippen LogP contribution in [0.1, 0.15) is 23.3 Å². The van der Waals surface area contributed by atoms with Gasteiger partial charge in [0.2, 0.25) is 0 Å². The highest BCUT2D eigenvalue weighted by molar-refractivity contribution is 5.92. The van der Waals surface area contributed by atoms with Crippen molar-refractivity contribution in [1.82, 2.24) is 29.4 Å². The summed E-state index contributed by atoms with van der Waals surface area (Å²) in [6, 6.07) is 17.8. The molecule has 4 aromatic rings. The Labute approximate surface area is 168 Å². The maximum Gasteiger partial charge on any atom is 0.276 e. The zero-order valence-electron chi connectivity index (χ0n) is 16.1. The highest BCUT2D eigenvalue weighted by Crippen LogP contribution is 2.22. The van der Waals surface area contributed by atoms with E-state index in [2.05, 4.69) is 25.8 Å². The Balaban J connectivity index is 1.22. The third-order valence-corrected chi connectivity index (χ3v) is 5.58. The van der Waals surface area contributed by atoms with E-state index in [1.807, 2.05) is 59.8 Å². The van der Waals surface area contributed by atoms with Gasteiger partial charge in [0.15, 0.2) is 5.69 Å². The number of hydrogen-bond donors (Lipinski definition) is 0. The quantitative estimate of drug-likeness (QED) is 0.540. The van der Waals surface area contributed by atoms with Crippen LogP contribution in [-0.4, -0.2) is 48.4 Å². The first kappa shape index (κ1) is 17.6. The van der Waals surface area contributed by atoms with Crippen LogP contribution in [-0.2, 0) is 6.54 Å². The molecule has 0 N–H and O–H groups in total. The molecule has 0 radical (unpaired) electrons. The van der Waals surface area contributed by atoms with Crippen molar-refractivity contribution < 1.29 is 4.79 Å². The molecule has 0 spiro atoms. The molecule has 0 saturated carbocycles. The Kier molecular flexibility index (Phi) is 4.56. The second kappa shape index (κ2) is 7.50. The number of nitrogens with zero attached hydrogens (tertiary/aromatic N) is 6. The number of benzene rings is 2. The minimum atomic E-state index is -0.0429. The second-order valence-corrected chi connectivity index (χ2v) is 7.48. The highest BCUT2D eigenvalue weighted by atomic mass is 16.2. The van der Waals surface area contributed by atoms with Gasteiger partial charge in [-0.1, -0.05) is 30.3 Å². The number of hydrogen-bond acceptors (Lipinski definition) is 4. The van der Waals surface area contributed by atoms with Gasteiger partial charge in [0, 0.05) is 19.6 Å². The number of carbonyl (C=O) groups excluding carboxylic acids is 1. The maximum absolute atomic E-state index is 12.8. The predicted molar refractivity (Wildman–Crippen MR) is 110 cm³/mol. The molecule has 1 aliphatic heterocycles. The van der Waals surface area contributed by atoms with Gasteiger partial charge in [-0.15, -0.1) is 5.10 Å². The van der Waals surface area contributed by atoms with Gasteiger partial charge in [-0.3, -0.25) is 4.79 Å². The van der Waals surface area contributed by atoms with Gasteiger partial charge in [0.25, 0.3) is 5.91 Å². The SMILES string of the molecule is O=C(c1cnn(-c2ccccc2)n1)N1CCC(Cn2cnc3ccccc32)CC1. The molecule has 2 aromatic carbocycles. The molecular formula is C22H22N6O. The fourth-order valence-electron chi connectivity index (χ4n) is 3.96. The van der Waals surface area contributed by atoms with Crippen molar-refractivity contribution >= 4 is 16.9 Å². The smallest absolute Gasteiger partial charge is 0.276 e. The predicted octanol–water partition coefficient (Wildman–Crippen LogP) is 3.17. The lowest BCUT2D eigenvalue weighted by atomic mass is 9.96. The molecule has 29 heavy (non-hydrogen) atoms. The maximum atomic E-state index is 12.8. The van der Waals surface area contributed by atoms with E-state index in [-0.39, 0.29) is 5.91 Å². The van der Waals surface area contributed by atoms with Crippen LogP contribution < -0.4 is 0 Å². The summed E-state index contributed by atoms with van der Waals surface area (Å²) < 4.78 is 2.23. The number of rotatable bonds is 4. The van der Waals surface area contributed by atoms with Gasteiger partial charge in [-0.25, -0.2) is 4.98 Å². The minimum absolute atomic E-state index is 0.0429. The van der Waals surface area contributed by atoms with E-state index in [1.54, 1.807) is 6.20 Å².